The lowest BCUT2D eigenvalue weighted by Gasteiger charge is -2.10. The van der Waals surface area contributed by atoms with Gasteiger partial charge < -0.3 is 9.67 Å². The summed E-state index contributed by atoms with van der Waals surface area (Å²) in [6, 6.07) is 12.8. The predicted octanol–water partition coefficient (Wildman–Crippen LogP) is 2.10. The summed E-state index contributed by atoms with van der Waals surface area (Å²) in [5.41, 5.74) is 1.27. The average Bonchev–Trinajstić information content (AvgIpc) is 2.39. The quantitative estimate of drug-likeness (QED) is 0.912. The summed E-state index contributed by atoms with van der Waals surface area (Å²) in [6.45, 7) is 2.29. The topological polar surface area (TPSA) is 59.3 Å². The van der Waals surface area contributed by atoms with Crippen molar-refractivity contribution in [3.8, 4) is 0 Å². The van der Waals surface area contributed by atoms with Crippen molar-refractivity contribution in [2.75, 3.05) is 0 Å². The van der Waals surface area contributed by atoms with Crippen molar-refractivity contribution in [3.05, 3.63) is 69.6 Å². The van der Waals surface area contributed by atoms with E-state index in [2.05, 4.69) is 0 Å². The molecule has 1 N–H and O–H groups in total. The largest absolute Gasteiger partial charge is 0.477 e. The molecule has 1 heterocycles. The third-order valence-electron chi connectivity index (χ3n) is 3.09. The summed E-state index contributed by atoms with van der Waals surface area (Å²) in [4.78, 5) is 23.0. The van der Waals surface area contributed by atoms with Crippen molar-refractivity contribution in [3.63, 3.8) is 0 Å². The Bertz CT molecular complexity index is 644. The minimum atomic E-state index is -1.18. The van der Waals surface area contributed by atoms with Crippen LogP contribution in [0.5, 0.6) is 0 Å². The lowest BCUT2D eigenvalue weighted by atomic mass is 10.1. The molecule has 2 rings (SSSR count). The Labute approximate surface area is 110 Å². The molecule has 0 fully saturated rings. The zero-order chi connectivity index (χ0) is 13.8. The van der Waals surface area contributed by atoms with Crippen LogP contribution in [0.1, 0.15) is 21.6 Å². The van der Waals surface area contributed by atoms with Crippen LogP contribution < -0.4 is 5.56 Å². The molecule has 0 aliphatic heterocycles. The number of benzene rings is 1. The number of carbonyl (C=O) groups is 1. The van der Waals surface area contributed by atoms with Crippen LogP contribution in [0, 0.1) is 6.92 Å². The Morgan fingerprint density at radius 2 is 1.84 bits per heavy atom. The molecule has 98 valence electrons. The van der Waals surface area contributed by atoms with Crippen molar-refractivity contribution in [2.45, 2.75) is 19.9 Å². The third kappa shape index (κ3) is 2.91. The molecule has 1 aromatic carbocycles. The Morgan fingerprint density at radius 1 is 1.16 bits per heavy atom. The summed E-state index contributed by atoms with van der Waals surface area (Å²) in [5.74, 6) is -1.18. The van der Waals surface area contributed by atoms with E-state index in [1.54, 1.807) is 13.0 Å². The van der Waals surface area contributed by atoms with E-state index in [0.717, 1.165) is 11.3 Å². The molecule has 0 aliphatic rings. The number of pyridine rings is 1. The zero-order valence-electron chi connectivity index (χ0n) is 10.7. The molecular weight excluding hydrogens is 242 g/mol. The van der Waals surface area contributed by atoms with E-state index in [1.165, 1.54) is 10.6 Å². The van der Waals surface area contributed by atoms with E-state index in [9.17, 15) is 9.59 Å². The second-order valence-electron chi connectivity index (χ2n) is 4.39. The molecule has 0 radical (unpaired) electrons. The van der Waals surface area contributed by atoms with Gasteiger partial charge in [-0.2, -0.15) is 0 Å². The highest BCUT2D eigenvalue weighted by atomic mass is 16.4. The van der Waals surface area contributed by atoms with Crippen molar-refractivity contribution in [1.82, 2.24) is 4.57 Å². The fraction of sp³-hybridized carbons (Fsp3) is 0.200. The van der Waals surface area contributed by atoms with Gasteiger partial charge in [0.05, 0.1) is 0 Å². The van der Waals surface area contributed by atoms with Gasteiger partial charge in [-0.3, -0.25) is 4.79 Å². The van der Waals surface area contributed by atoms with Gasteiger partial charge in [0, 0.05) is 12.2 Å². The first kappa shape index (κ1) is 13.1. The summed E-state index contributed by atoms with van der Waals surface area (Å²) in [6.07, 6.45) is 0.699. The van der Waals surface area contributed by atoms with E-state index >= 15 is 0 Å². The minimum absolute atomic E-state index is 0.182. The maximum absolute atomic E-state index is 12.0. The first-order chi connectivity index (χ1) is 9.09. The smallest absolute Gasteiger partial charge is 0.341 e. The van der Waals surface area contributed by atoms with Crippen LogP contribution in [-0.4, -0.2) is 15.6 Å². The van der Waals surface area contributed by atoms with Crippen LogP contribution in [0.3, 0.4) is 0 Å². The lowest BCUT2D eigenvalue weighted by molar-refractivity contribution is 0.0694. The number of aromatic nitrogens is 1. The number of hydrogen-bond donors (Lipinski definition) is 1. The van der Waals surface area contributed by atoms with E-state index < -0.39 is 11.5 Å². The highest BCUT2D eigenvalue weighted by Gasteiger charge is 2.12. The van der Waals surface area contributed by atoms with E-state index in [0.29, 0.717) is 13.0 Å². The Kier molecular flexibility index (Phi) is 3.80. The standard InChI is InChI=1S/C15H15NO3/c1-11-7-8-13(15(18)19)14(17)16(11)10-9-12-5-3-2-4-6-12/h2-8H,9-10H2,1H3,(H,18,19). The monoisotopic (exact) mass is 257 g/mol. The van der Waals surface area contributed by atoms with Gasteiger partial charge in [0.25, 0.3) is 5.56 Å². The van der Waals surface area contributed by atoms with Crippen molar-refractivity contribution in [2.24, 2.45) is 0 Å². The molecule has 0 spiro atoms. The normalized spacial score (nSPS) is 10.4. The molecule has 0 aliphatic carbocycles. The molecule has 0 atom stereocenters. The van der Waals surface area contributed by atoms with E-state index in [-0.39, 0.29) is 5.56 Å². The fourth-order valence-electron chi connectivity index (χ4n) is 2.00. The summed E-state index contributed by atoms with van der Waals surface area (Å²) in [7, 11) is 0. The Balaban J connectivity index is 2.28. The van der Waals surface area contributed by atoms with E-state index in [1.807, 2.05) is 30.3 Å². The lowest BCUT2D eigenvalue weighted by Crippen LogP contribution is -2.28. The fourth-order valence-corrected chi connectivity index (χ4v) is 2.00. The van der Waals surface area contributed by atoms with Crippen molar-refractivity contribution < 1.29 is 9.90 Å². The van der Waals surface area contributed by atoms with Crippen molar-refractivity contribution >= 4 is 5.97 Å². The maximum Gasteiger partial charge on any atom is 0.341 e. The van der Waals surface area contributed by atoms with Crippen molar-refractivity contribution in [1.29, 1.82) is 0 Å². The van der Waals surface area contributed by atoms with Gasteiger partial charge in [-0.05, 0) is 31.0 Å². The first-order valence-electron chi connectivity index (χ1n) is 6.07. The first-order valence-corrected chi connectivity index (χ1v) is 6.07. The number of aryl methyl sites for hydroxylation is 2. The van der Waals surface area contributed by atoms with Gasteiger partial charge >= 0.3 is 5.97 Å². The molecule has 0 amide bonds. The summed E-state index contributed by atoms with van der Waals surface area (Å²) < 4.78 is 1.51. The molecule has 19 heavy (non-hydrogen) atoms. The molecule has 0 unspecified atom stereocenters. The van der Waals surface area contributed by atoms with E-state index in [4.69, 9.17) is 5.11 Å². The van der Waals surface area contributed by atoms with Gasteiger partial charge in [0.15, 0.2) is 0 Å². The molecule has 0 bridgehead atoms. The number of aromatic carboxylic acids is 1. The number of carboxylic acids is 1. The maximum atomic E-state index is 12.0. The van der Waals surface area contributed by atoms with Crippen LogP contribution in [0.2, 0.25) is 0 Å². The van der Waals surface area contributed by atoms with Gasteiger partial charge in [0.2, 0.25) is 0 Å². The molecule has 2 aromatic rings. The summed E-state index contributed by atoms with van der Waals surface area (Å²) >= 11 is 0. The highest BCUT2D eigenvalue weighted by molar-refractivity contribution is 5.87. The Hall–Kier alpha value is -2.36. The molecule has 1 aromatic heterocycles. The van der Waals surface area contributed by atoms with Gasteiger partial charge in [-0.15, -0.1) is 0 Å². The molecule has 4 heteroatoms. The third-order valence-corrected chi connectivity index (χ3v) is 3.09. The second kappa shape index (κ2) is 5.52. The number of carboxylic acid groups (broad SMARTS) is 1. The molecule has 0 saturated heterocycles. The van der Waals surface area contributed by atoms with Crippen LogP contribution in [0.15, 0.2) is 47.3 Å². The Morgan fingerprint density at radius 3 is 2.47 bits per heavy atom. The number of hydrogen-bond acceptors (Lipinski definition) is 2. The summed E-state index contributed by atoms with van der Waals surface area (Å²) in [5, 5.41) is 8.95. The predicted molar refractivity (Wildman–Crippen MR) is 72.5 cm³/mol. The number of rotatable bonds is 4. The van der Waals surface area contributed by atoms with Crippen LogP contribution in [0.4, 0.5) is 0 Å². The van der Waals surface area contributed by atoms with Crippen LogP contribution in [0.25, 0.3) is 0 Å². The number of nitrogens with zero attached hydrogens (tertiary/aromatic N) is 1. The second-order valence-corrected chi connectivity index (χ2v) is 4.39. The van der Waals surface area contributed by atoms with Gasteiger partial charge in [-0.25, -0.2) is 4.79 Å². The van der Waals surface area contributed by atoms with Gasteiger partial charge in [0.1, 0.15) is 5.56 Å². The van der Waals surface area contributed by atoms with Crippen LogP contribution >= 0.6 is 0 Å². The average molecular weight is 257 g/mol. The molecule has 4 nitrogen and oxygen atoms in total. The van der Waals surface area contributed by atoms with Gasteiger partial charge in [-0.1, -0.05) is 30.3 Å². The minimum Gasteiger partial charge on any atom is -0.477 e. The molecular formula is C15H15NO3. The molecule has 0 saturated carbocycles. The SMILES string of the molecule is Cc1ccc(C(=O)O)c(=O)n1CCc1ccccc1. The zero-order valence-corrected chi connectivity index (χ0v) is 10.7. The van der Waals surface area contributed by atoms with Crippen LogP contribution in [-0.2, 0) is 13.0 Å². The highest BCUT2D eigenvalue weighted by Crippen LogP contribution is 2.04.